The molecule has 1 heteroatoms. The van der Waals surface area contributed by atoms with Gasteiger partial charge in [-0.1, -0.05) is 35.6 Å². The Bertz CT molecular complexity index is 109. The Balaban J connectivity index is -0.0000000817. The second kappa shape index (κ2) is 16.1. The number of hydrogen-bond acceptors (Lipinski definition) is 1. The van der Waals surface area contributed by atoms with Gasteiger partial charge in [0.25, 0.3) is 0 Å². The van der Waals surface area contributed by atoms with Crippen LogP contribution < -0.4 is 0 Å². The fourth-order valence-electron chi connectivity index (χ4n) is 0.410. The SMILES string of the molecule is C.C.C.C#CC(=O)CCCC. The summed E-state index contributed by atoms with van der Waals surface area (Å²) >= 11 is 0. The lowest BCUT2D eigenvalue weighted by atomic mass is 10.2. The molecule has 0 spiro atoms. The Morgan fingerprint density at radius 2 is 1.82 bits per heavy atom. The van der Waals surface area contributed by atoms with E-state index in [2.05, 4.69) is 5.92 Å². The summed E-state index contributed by atoms with van der Waals surface area (Å²) < 4.78 is 0. The van der Waals surface area contributed by atoms with E-state index in [9.17, 15) is 4.79 Å². The van der Waals surface area contributed by atoms with E-state index in [-0.39, 0.29) is 28.1 Å². The van der Waals surface area contributed by atoms with Crippen molar-refractivity contribution in [3.05, 3.63) is 0 Å². The van der Waals surface area contributed by atoms with Crippen LogP contribution in [0.5, 0.6) is 0 Å². The van der Waals surface area contributed by atoms with Crippen LogP contribution in [0.15, 0.2) is 0 Å². The van der Waals surface area contributed by atoms with Gasteiger partial charge >= 0.3 is 0 Å². The summed E-state index contributed by atoms with van der Waals surface area (Å²) in [5.41, 5.74) is 0. The summed E-state index contributed by atoms with van der Waals surface area (Å²) in [7, 11) is 0. The zero-order chi connectivity index (χ0) is 6.41. The Morgan fingerprint density at radius 3 is 2.09 bits per heavy atom. The molecular formula is C10H22O. The van der Waals surface area contributed by atoms with Crippen molar-refractivity contribution < 1.29 is 4.79 Å². The summed E-state index contributed by atoms with van der Waals surface area (Å²) in [4.78, 5) is 10.3. The normalized spacial score (nSPS) is 5.82. The number of hydrogen-bond donors (Lipinski definition) is 0. The van der Waals surface area contributed by atoms with Crippen molar-refractivity contribution >= 4 is 5.78 Å². The van der Waals surface area contributed by atoms with Gasteiger partial charge in [-0.15, -0.1) is 6.42 Å². The van der Waals surface area contributed by atoms with Crippen LogP contribution in [-0.4, -0.2) is 5.78 Å². The van der Waals surface area contributed by atoms with Gasteiger partial charge in [0.1, 0.15) is 0 Å². The molecule has 0 N–H and O–H groups in total. The van der Waals surface area contributed by atoms with Gasteiger partial charge in [0, 0.05) is 6.42 Å². The van der Waals surface area contributed by atoms with E-state index in [0.29, 0.717) is 6.42 Å². The molecule has 0 rings (SSSR count). The van der Waals surface area contributed by atoms with E-state index in [4.69, 9.17) is 6.42 Å². The maximum absolute atomic E-state index is 10.3. The molecule has 0 radical (unpaired) electrons. The molecule has 0 saturated heterocycles. The van der Waals surface area contributed by atoms with Crippen LogP contribution in [0.25, 0.3) is 0 Å². The van der Waals surface area contributed by atoms with E-state index in [0.717, 1.165) is 12.8 Å². The lowest BCUT2D eigenvalue weighted by Gasteiger charge is -1.86. The second-order valence-electron chi connectivity index (χ2n) is 1.67. The molecule has 0 atom stereocenters. The molecule has 0 aliphatic heterocycles. The van der Waals surface area contributed by atoms with Crippen molar-refractivity contribution in [1.29, 1.82) is 0 Å². The lowest BCUT2D eigenvalue weighted by molar-refractivity contribution is -0.113. The first-order chi connectivity index (χ1) is 3.81. The molecule has 0 aliphatic rings. The molecule has 0 unspecified atom stereocenters. The van der Waals surface area contributed by atoms with E-state index in [1.807, 2.05) is 6.92 Å². The molecule has 11 heavy (non-hydrogen) atoms. The minimum atomic E-state index is -0.0770. The molecule has 0 aromatic rings. The minimum Gasteiger partial charge on any atom is -0.285 e. The van der Waals surface area contributed by atoms with Gasteiger partial charge in [0.15, 0.2) is 0 Å². The van der Waals surface area contributed by atoms with Crippen molar-refractivity contribution in [3.63, 3.8) is 0 Å². The van der Waals surface area contributed by atoms with Crippen molar-refractivity contribution in [2.24, 2.45) is 0 Å². The highest BCUT2D eigenvalue weighted by Crippen LogP contribution is 1.92. The van der Waals surface area contributed by atoms with Gasteiger partial charge < -0.3 is 0 Å². The Kier molecular flexibility index (Phi) is 32.9. The summed E-state index contributed by atoms with van der Waals surface area (Å²) in [6.07, 6.45) is 7.32. The predicted octanol–water partition coefficient (Wildman–Crippen LogP) is 3.29. The highest BCUT2D eigenvalue weighted by atomic mass is 16.1. The van der Waals surface area contributed by atoms with Gasteiger partial charge in [-0.3, -0.25) is 4.79 Å². The fourth-order valence-corrected chi connectivity index (χ4v) is 0.410. The molecule has 0 aromatic heterocycles. The van der Waals surface area contributed by atoms with Gasteiger partial charge in [-0.05, 0) is 12.3 Å². The lowest BCUT2D eigenvalue weighted by Crippen LogP contribution is -1.90. The summed E-state index contributed by atoms with van der Waals surface area (Å²) in [5, 5.41) is 0. The van der Waals surface area contributed by atoms with Crippen LogP contribution >= 0.6 is 0 Å². The predicted molar refractivity (Wildman–Crippen MR) is 53.6 cm³/mol. The van der Waals surface area contributed by atoms with Gasteiger partial charge in [0.2, 0.25) is 5.78 Å². The molecule has 0 saturated carbocycles. The molecule has 1 nitrogen and oxygen atoms in total. The maximum Gasteiger partial charge on any atom is 0.205 e. The first kappa shape index (κ1) is 22.5. The minimum absolute atomic E-state index is 0. The first-order valence-corrected chi connectivity index (χ1v) is 2.80. The molecule has 0 heterocycles. The average Bonchev–Trinajstić information content (AvgIpc) is 1.83. The number of terminal acetylenes is 1. The third-order valence-electron chi connectivity index (χ3n) is 0.918. The molecule has 0 fully saturated rings. The molecule has 0 amide bonds. The average molecular weight is 158 g/mol. The smallest absolute Gasteiger partial charge is 0.205 e. The van der Waals surface area contributed by atoms with E-state index in [1.54, 1.807) is 0 Å². The monoisotopic (exact) mass is 158 g/mol. The van der Waals surface area contributed by atoms with Crippen molar-refractivity contribution in [1.82, 2.24) is 0 Å². The van der Waals surface area contributed by atoms with E-state index >= 15 is 0 Å². The summed E-state index contributed by atoms with van der Waals surface area (Å²) in [6.45, 7) is 2.03. The zero-order valence-electron chi connectivity index (χ0n) is 5.11. The zero-order valence-corrected chi connectivity index (χ0v) is 5.11. The second-order valence-corrected chi connectivity index (χ2v) is 1.67. The van der Waals surface area contributed by atoms with Crippen molar-refractivity contribution in [2.45, 2.75) is 48.5 Å². The summed E-state index contributed by atoms with van der Waals surface area (Å²) in [6, 6.07) is 0. The third-order valence-corrected chi connectivity index (χ3v) is 0.918. The number of ketones is 1. The number of rotatable bonds is 3. The number of unbranched alkanes of at least 4 members (excludes halogenated alkanes) is 1. The molecule has 0 aromatic carbocycles. The highest BCUT2D eigenvalue weighted by molar-refractivity contribution is 5.94. The van der Waals surface area contributed by atoms with Crippen molar-refractivity contribution in [3.8, 4) is 12.3 Å². The topological polar surface area (TPSA) is 17.1 Å². The summed E-state index contributed by atoms with van der Waals surface area (Å²) in [5.74, 6) is 1.98. The molecule has 0 aliphatic carbocycles. The Labute approximate surface area is 72.2 Å². The van der Waals surface area contributed by atoms with Crippen LogP contribution in [-0.2, 0) is 4.79 Å². The van der Waals surface area contributed by atoms with Gasteiger partial charge in [-0.25, -0.2) is 0 Å². The van der Waals surface area contributed by atoms with Gasteiger partial charge in [0.05, 0.1) is 0 Å². The van der Waals surface area contributed by atoms with Gasteiger partial charge in [-0.2, -0.15) is 0 Å². The maximum atomic E-state index is 10.3. The Hall–Kier alpha value is -0.770. The van der Waals surface area contributed by atoms with Crippen LogP contribution in [0.1, 0.15) is 48.5 Å². The largest absolute Gasteiger partial charge is 0.285 e. The molecular weight excluding hydrogens is 136 g/mol. The van der Waals surface area contributed by atoms with Crippen LogP contribution in [0.4, 0.5) is 0 Å². The van der Waals surface area contributed by atoms with E-state index < -0.39 is 0 Å². The van der Waals surface area contributed by atoms with Crippen molar-refractivity contribution in [2.75, 3.05) is 0 Å². The molecule has 0 bridgehead atoms. The number of carbonyl (C=O) groups is 1. The fraction of sp³-hybridized carbons (Fsp3) is 0.700. The number of Topliss-reactive ketones (excluding diaryl/α,β-unsaturated/α-hetero) is 1. The Morgan fingerprint density at radius 1 is 1.36 bits per heavy atom. The highest BCUT2D eigenvalue weighted by Gasteiger charge is 1.91. The third kappa shape index (κ3) is 17.6. The standard InChI is InChI=1S/C7H10O.3CH4/c1-3-5-6-7(8)4-2;;;/h2H,3,5-6H2,1H3;3*1H4. The van der Waals surface area contributed by atoms with Crippen LogP contribution in [0, 0.1) is 12.3 Å². The van der Waals surface area contributed by atoms with Crippen LogP contribution in [0.3, 0.4) is 0 Å². The quantitative estimate of drug-likeness (QED) is 0.455. The van der Waals surface area contributed by atoms with Crippen LogP contribution in [0.2, 0.25) is 0 Å². The van der Waals surface area contributed by atoms with E-state index in [1.165, 1.54) is 0 Å². The number of carbonyl (C=O) groups excluding carboxylic acids is 1. The first-order valence-electron chi connectivity index (χ1n) is 2.80. The molecule has 68 valence electrons.